The zero-order chi connectivity index (χ0) is 22.7. The Kier molecular flexibility index (Phi) is 6.03. The normalized spacial score (nSPS) is 16.1. The second kappa shape index (κ2) is 8.90. The predicted molar refractivity (Wildman–Crippen MR) is 116 cm³/mol. The molecule has 0 saturated carbocycles. The molecule has 0 aliphatic carbocycles. The topological polar surface area (TPSA) is 54.5 Å². The minimum atomic E-state index is -4.41. The summed E-state index contributed by atoms with van der Waals surface area (Å²) < 4.78 is 43.4. The first-order valence-corrected chi connectivity index (χ1v) is 10.2. The number of ether oxygens (including phenoxy) is 1. The molecule has 5 nitrogen and oxygen atoms in total. The molecule has 2 aromatic carbocycles. The van der Waals surface area contributed by atoms with Gasteiger partial charge in [-0.3, -0.25) is 4.79 Å². The maximum atomic E-state index is 12.7. The number of carbonyl (C=O) groups excluding carboxylic acids is 1. The number of nitrogens with zero attached hydrogens (tertiary/aromatic N) is 2. The number of aromatic nitrogens is 1. The predicted octanol–water partition coefficient (Wildman–Crippen LogP) is 4.78. The van der Waals surface area contributed by atoms with Gasteiger partial charge in [-0.25, -0.2) is 4.98 Å². The van der Waals surface area contributed by atoms with Gasteiger partial charge < -0.3 is 15.0 Å². The lowest BCUT2D eigenvalue weighted by Crippen LogP contribution is -2.37. The fourth-order valence-corrected chi connectivity index (χ4v) is 3.71. The molecule has 0 bridgehead atoms. The number of methoxy groups -OCH3 is 1. The highest BCUT2D eigenvalue weighted by Gasteiger charge is 2.31. The standard InChI is InChI=1S/C24H22F3N3O2/c1-32-21-4-2-3-18(13-21)16-5-7-17(8-6-16)23(31)29-20-11-12-30(15-20)22-10-9-19(14-28-22)24(25,26)27/h2-10,13-14,20H,11-12,15H2,1H3,(H,29,31). The highest BCUT2D eigenvalue weighted by Crippen LogP contribution is 2.30. The van der Waals surface area contributed by atoms with E-state index in [-0.39, 0.29) is 11.9 Å². The fraction of sp³-hybridized carbons (Fsp3) is 0.250. The first-order valence-electron chi connectivity index (χ1n) is 10.2. The Morgan fingerprint density at radius 1 is 1.09 bits per heavy atom. The monoisotopic (exact) mass is 441 g/mol. The molecule has 1 amide bonds. The van der Waals surface area contributed by atoms with Crippen LogP contribution in [0.4, 0.5) is 19.0 Å². The molecule has 1 aliphatic heterocycles. The number of anilines is 1. The minimum absolute atomic E-state index is 0.107. The SMILES string of the molecule is COc1cccc(-c2ccc(C(=O)NC3CCN(c4ccc(C(F)(F)F)cn4)C3)cc2)c1. The summed E-state index contributed by atoms with van der Waals surface area (Å²) in [5.74, 6) is 1.05. The maximum Gasteiger partial charge on any atom is 0.417 e. The molecule has 3 aromatic rings. The van der Waals surface area contributed by atoms with Crippen LogP contribution >= 0.6 is 0 Å². The molecule has 1 N–H and O–H groups in total. The Balaban J connectivity index is 1.36. The Bertz CT molecular complexity index is 1080. The summed E-state index contributed by atoms with van der Waals surface area (Å²) >= 11 is 0. The average Bonchev–Trinajstić information content (AvgIpc) is 3.27. The van der Waals surface area contributed by atoms with Crippen LogP contribution in [-0.2, 0) is 6.18 Å². The van der Waals surface area contributed by atoms with E-state index in [4.69, 9.17) is 4.74 Å². The van der Waals surface area contributed by atoms with Crippen molar-refractivity contribution in [2.45, 2.75) is 18.6 Å². The fourth-order valence-electron chi connectivity index (χ4n) is 3.71. The molecule has 4 rings (SSSR count). The lowest BCUT2D eigenvalue weighted by molar-refractivity contribution is -0.137. The van der Waals surface area contributed by atoms with Crippen LogP contribution in [0.3, 0.4) is 0 Å². The molecule has 1 saturated heterocycles. The number of alkyl halides is 3. The van der Waals surface area contributed by atoms with Gasteiger partial charge >= 0.3 is 6.18 Å². The number of hydrogen-bond acceptors (Lipinski definition) is 4. The summed E-state index contributed by atoms with van der Waals surface area (Å²) in [5, 5.41) is 3.00. The number of pyridine rings is 1. The van der Waals surface area contributed by atoms with E-state index in [1.165, 1.54) is 6.07 Å². The number of benzene rings is 2. The third-order valence-electron chi connectivity index (χ3n) is 5.47. The molecule has 8 heteroatoms. The number of amides is 1. The van der Waals surface area contributed by atoms with Crippen LogP contribution < -0.4 is 15.0 Å². The van der Waals surface area contributed by atoms with Crippen LogP contribution in [0.25, 0.3) is 11.1 Å². The molecule has 1 fully saturated rings. The lowest BCUT2D eigenvalue weighted by Gasteiger charge is -2.18. The van der Waals surface area contributed by atoms with E-state index in [0.29, 0.717) is 30.9 Å². The van der Waals surface area contributed by atoms with Crippen LogP contribution in [0.1, 0.15) is 22.3 Å². The number of carbonyl (C=O) groups is 1. The van der Waals surface area contributed by atoms with Crippen LogP contribution in [0.2, 0.25) is 0 Å². The highest BCUT2D eigenvalue weighted by molar-refractivity contribution is 5.95. The maximum absolute atomic E-state index is 12.7. The Morgan fingerprint density at radius 3 is 2.53 bits per heavy atom. The summed E-state index contributed by atoms with van der Waals surface area (Å²) in [7, 11) is 1.62. The van der Waals surface area contributed by atoms with E-state index < -0.39 is 11.7 Å². The first-order chi connectivity index (χ1) is 15.3. The van der Waals surface area contributed by atoms with Gasteiger partial charge in [-0.05, 0) is 53.9 Å². The van der Waals surface area contributed by atoms with Gasteiger partial charge in [0.05, 0.1) is 12.7 Å². The number of halogens is 3. The zero-order valence-electron chi connectivity index (χ0n) is 17.4. The van der Waals surface area contributed by atoms with Gasteiger partial charge in [0, 0.05) is 30.9 Å². The van der Waals surface area contributed by atoms with E-state index in [2.05, 4.69) is 10.3 Å². The van der Waals surface area contributed by atoms with Crippen LogP contribution in [0.15, 0.2) is 66.9 Å². The van der Waals surface area contributed by atoms with E-state index in [1.807, 2.05) is 41.3 Å². The van der Waals surface area contributed by atoms with Crippen LogP contribution in [0, 0.1) is 0 Å². The molecule has 1 aromatic heterocycles. The molecule has 166 valence electrons. The van der Waals surface area contributed by atoms with Gasteiger partial charge in [0.15, 0.2) is 0 Å². The summed E-state index contributed by atoms with van der Waals surface area (Å²) in [5.41, 5.74) is 1.73. The van der Waals surface area contributed by atoms with Crippen molar-refractivity contribution >= 4 is 11.7 Å². The number of nitrogens with one attached hydrogen (secondary N) is 1. The summed E-state index contributed by atoms with van der Waals surface area (Å²) in [6, 6.07) is 17.3. The summed E-state index contributed by atoms with van der Waals surface area (Å²) in [6.07, 6.45) is -2.88. The molecule has 2 heterocycles. The van der Waals surface area contributed by atoms with Gasteiger partial charge in [-0.1, -0.05) is 24.3 Å². The van der Waals surface area contributed by atoms with E-state index in [1.54, 1.807) is 19.2 Å². The quantitative estimate of drug-likeness (QED) is 0.619. The summed E-state index contributed by atoms with van der Waals surface area (Å²) in [6.45, 7) is 1.10. The Labute approximate surface area is 183 Å². The van der Waals surface area contributed by atoms with E-state index in [9.17, 15) is 18.0 Å². The van der Waals surface area contributed by atoms with E-state index in [0.717, 1.165) is 29.1 Å². The van der Waals surface area contributed by atoms with Crippen LogP contribution in [-0.4, -0.2) is 37.1 Å². The first kappa shape index (κ1) is 21.7. The summed E-state index contributed by atoms with van der Waals surface area (Å²) in [4.78, 5) is 18.5. The molecule has 32 heavy (non-hydrogen) atoms. The van der Waals surface area contributed by atoms with Crippen molar-refractivity contribution in [3.63, 3.8) is 0 Å². The Hall–Kier alpha value is -3.55. The number of hydrogen-bond donors (Lipinski definition) is 1. The van der Waals surface area contributed by atoms with Crippen molar-refractivity contribution < 1.29 is 22.7 Å². The second-order valence-electron chi connectivity index (χ2n) is 7.62. The highest BCUT2D eigenvalue weighted by atomic mass is 19.4. The number of rotatable bonds is 5. The average molecular weight is 441 g/mol. The van der Waals surface area contributed by atoms with Gasteiger partial charge in [-0.15, -0.1) is 0 Å². The largest absolute Gasteiger partial charge is 0.497 e. The van der Waals surface area contributed by atoms with Crippen molar-refractivity contribution in [2.24, 2.45) is 0 Å². The van der Waals surface area contributed by atoms with Gasteiger partial charge in [0.25, 0.3) is 5.91 Å². The molecule has 0 radical (unpaired) electrons. The molecule has 0 spiro atoms. The minimum Gasteiger partial charge on any atom is -0.497 e. The van der Waals surface area contributed by atoms with Crippen molar-refractivity contribution in [3.05, 3.63) is 78.0 Å². The molecule has 1 unspecified atom stereocenters. The van der Waals surface area contributed by atoms with E-state index >= 15 is 0 Å². The second-order valence-corrected chi connectivity index (χ2v) is 7.62. The molecule has 1 aliphatic rings. The molecular weight excluding hydrogens is 419 g/mol. The van der Waals surface area contributed by atoms with Crippen molar-refractivity contribution in [1.82, 2.24) is 10.3 Å². The van der Waals surface area contributed by atoms with Crippen molar-refractivity contribution in [1.29, 1.82) is 0 Å². The van der Waals surface area contributed by atoms with Crippen molar-refractivity contribution in [3.8, 4) is 16.9 Å². The van der Waals surface area contributed by atoms with Gasteiger partial charge in [0.2, 0.25) is 0 Å². The van der Waals surface area contributed by atoms with Gasteiger partial charge in [-0.2, -0.15) is 13.2 Å². The lowest BCUT2D eigenvalue weighted by atomic mass is 10.0. The van der Waals surface area contributed by atoms with Gasteiger partial charge in [0.1, 0.15) is 11.6 Å². The Morgan fingerprint density at radius 2 is 1.88 bits per heavy atom. The van der Waals surface area contributed by atoms with Crippen molar-refractivity contribution in [2.75, 3.05) is 25.1 Å². The molecular formula is C24H22F3N3O2. The third-order valence-corrected chi connectivity index (χ3v) is 5.47. The third kappa shape index (κ3) is 4.85. The molecule has 1 atom stereocenters. The van der Waals surface area contributed by atoms with Crippen LogP contribution in [0.5, 0.6) is 5.75 Å². The zero-order valence-corrected chi connectivity index (χ0v) is 17.4. The smallest absolute Gasteiger partial charge is 0.417 e.